The molecular weight excluding hydrogens is 385 g/mol. The Bertz CT molecular complexity index is 1110. The topological polar surface area (TPSA) is 68.4 Å². The number of nitrogens with zero attached hydrogens (tertiary/aromatic N) is 3. The van der Waals surface area contributed by atoms with Crippen molar-refractivity contribution in [1.82, 2.24) is 14.2 Å². The van der Waals surface area contributed by atoms with E-state index < -0.39 is 11.7 Å². The van der Waals surface area contributed by atoms with Crippen molar-refractivity contribution >= 4 is 17.1 Å². The molecule has 0 atom stereocenters. The van der Waals surface area contributed by atoms with Gasteiger partial charge >= 0.3 is 6.18 Å². The molecule has 1 aliphatic rings. The molecule has 0 bridgehead atoms. The lowest BCUT2D eigenvalue weighted by atomic mass is 9.97. The fraction of sp³-hybridized carbons (Fsp3) is 0.350. The van der Waals surface area contributed by atoms with Gasteiger partial charge in [-0.3, -0.25) is 9.59 Å². The summed E-state index contributed by atoms with van der Waals surface area (Å²) in [7, 11) is 0. The first-order valence-electron chi connectivity index (χ1n) is 9.39. The molecule has 6 nitrogen and oxygen atoms in total. The maximum Gasteiger partial charge on any atom is 0.416 e. The summed E-state index contributed by atoms with van der Waals surface area (Å²) in [6, 6.07) is 4.24. The van der Waals surface area contributed by atoms with Crippen LogP contribution in [0.1, 0.15) is 36.1 Å². The van der Waals surface area contributed by atoms with Crippen LogP contribution >= 0.6 is 0 Å². The van der Waals surface area contributed by atoms with E-state index in [4.69, 9.17) is 0 Å². The molecule has 1 aliphatic carbocycles. The largest absolute Gasteiger partial charge is 0.416 e. The van der Waals surface area contributed by atoms with Gasteiger partial charge in [0.2, 0.25) is 5.91 Å². The number of aromatic nitrogens is 3. The average Bonchev–Trinajstić information content (AvgIpc) is 3.06. The van der Waals surface area contributed by atoms with Gasteiger partial charge in [0.25, 0.3) is 5.56 Å². The van der Waals surface area contributed by atoms with E-state index in [0.29, 0.717) is 5.52 Å². The Kier molecular flexibility index (Phi) is 4.89. The predicted molar refractivity (Wildman–Crippen MR) is 101 cm³/mol. The van der Waals surface area contributed by atoms with Crippen LogP contribution in [0.15, 0.2) is 41.5 Å². The first kappa shape index (κ1) is 19.2. The number of anilines is 1. The van der Waals surface area contributed by atoms with Crippen LogP contribution < -0.4 is 10.9 Å². The molecule has 1 aromatic carbocycles. The highest BCUT2D eigenvalue weighted by Crippen LogP contribution is 2.29. The predicted octanol–water partition coefficient (Wildman–Crippen LogP) is 3.42. The number of aryl methyl sites for hydroxylation is 3. The smallest absolute Gasteiger partial charge is 0.326 e. The lowest BCUT2D eigenvalue weighted by molar-refractivity contribution is -0.137. The number of nitrogens with one attached hydrogen (secondary N) is 1. The second-order valence-electron chi connectivity index (χ2n) is 7.10. The summed E-state index contributed by atoms with van der Waals surface area (Å²) >= 11 is 0. The second-order valence-corrected chi connectivity index (χ2v) is 7.10. The Morgan fingerprint density at radius 3 is 2.55 bits per heavy atom. The molecule has 9 heteroatoms. The summed E-state index contributed by atoms with van der Waals surface area (Å²) in [5.41, 5.74) is 1.82. The van der Waals surface area contributed by atoms with E-state index in [-0.39, 0.29) is 30.1 Å². The molecule has 0 radical (unpaired) electrons. The van der Waals surface area contributed by atoms with Crippen LogP contribution in [0.2, 0.25) is 0 Å². The van der Waals surface area contributed by atoms with E-state index in [1.54, 1.807) is 16.9 Å². The van der Waals surface area contributed by atoms with E-state index in [2.05, 4.69) is 10.4 Å². The van der Waals surface area contributed by atoms with Crippen LogP contribution in [-0.2, 0) is 30.4 Å². The van der Waals surface area contributed by atoms with E-state index in [1.807, 2.05) is 0 Å². The molecule has 2 heterocycles. The SMILES string of the molecule is O=C(CCn1ccn2nc3c(c2c1=O)CCCC3)Nc1ccc(C(F)(F)F)cc1. The molecule has 0 saturated carbocycles. The minimum Gasteiger partial charge on any atom is -0.326 e. The summed E-state index contributed by atoms with van der Waals surface area (Å²) in [6.07, 6.45) is 2.69. The lowest BCUT2D eigenvalue weighted by Crippen LogP contribution is -2.24. The molecule has 0 unspecified atom stereocenters. The standard InChI is InChI=1S/C20H19F3N4O2/c21-20(22,23)13-5-7-14(8-6-13)24-17(28)9-10-26-11-12-27-18(19(26)29)15-3-1-2-4-16(15)25-27/h5-8,11-12H,1-4,9-10H2,(H,24,28). The van der Waals surface area contributed by atoms with E-state index >= 15 is 0 Å². The van der Waals surface area contributed by atoms with E-state index in [1.165, 1.54) is 16.7 Å². The molecule has 152 valence electrons. The van der Waals surface area contributed by atoms with Gasteiger partial charge < -0.3 is 9.88 Å². The molecule has 1 N–H and O–H groups in total. The van der Waals surface area contributed by atoms with Crippen LogP contribution in [0.25, 0.3) is 5.52 Å². The van der Waals surface area contributed by atoms with Gasteiger partial charge in [-0.2, -0.15) is 18.3 Å². The lowest BCUT2D eigenvalue weighted by Gasteiger charge is -2.10. The van der Waals surface area contributed by atoms with Crippen LogP contribution in [0.4, 0.5) is 18.9 Å². The number of halogens is 3. The van der Waals surface area contributed by atoms with Gasteiger partial charge in [-0.15, -0.1) is 0 Å². The van der Waals surface area contributed by atoms with Crippen molar-refractivity contribution in [1.29, 1.82) is 0 Å². The van der Waals surface area contributed by atoms with Crippen molar-refractivity contribution < 1.29 is 18.0 Å². The van der Waals surface area contributed by atoms with Gasteiger partial charge in [0, 0.05) is 36.6 Å². The van der Waals surface area contributed by atoms with Gasteiger partial charge in [0.1, 0.15) is 5.52 Å². The molecular formula is C20H19F3N4O2. The Morgan fingerprint density at radius 1 is 1.10 bits per heavy atom. The Hall–Kier alpha value is -3.10. The fourth-order valence-electron chi connectivity index (χ4n) is 3.62. The minimum atomic E-state index is -4.42. The van der Waals surface area contributed by atoms with Crippen LogP contribution in [0, 0.1) is 0 Å². The number of hydrogen-bond donors (Lipinski definition) is 1. The average molecular weight is 404 g/mol. The number of carbonyl (C=O) groups excluding carboxylic acids is 1. The van der Waals surface area contributed by atoms with Crippen molar-refractivity contribution in [3.8, 4) is 0 Å². The molecule has 2 aromatic heterocycles. The second kappa shape index (κ2) is 7.38. The zero-order valence-electron chi connectivity index (χ0n) is 15.5. The third-order valence-electron chi connectivity index (χ3n) is 5.11. The fourth-order valence-corrected chi connectivity index (χ4v) is 3.62. The number of hydrogen-bond acceptors (Lipinski definition) is 3. The molecule has 0 aliphatic heterocycles. The van der Waals surface area contributed by atoms with Gasteiger partial charge in [0.15, 0.2) is 0 Å². The maximum absolute atomic E-state index is 12.8. The van der Waals surface area contributed by atoms with Crippen molar-refractivity contribution in [3.63, 3.8) is 0 Å². The van der Waals surface area contributed by atoms with Crippen molar-refractivity contribution in [2.45, 2.75) is 44.8 Å². The Morgan fingerprint density at radius 2 is 1.83 bits per heavy atom. The number of fused-ring (bicyclic) bond motifs is 3. The summed E-state index contributed by atoms with van der Waals surface area (Å²) in [4.78, 5) is 25.0. The molecule has 0 spiro atoms. The number of carbonyl (C=O) groups is 1. The third-order valence-corrected chi connectivity index (χ3v) is 5.11. The summed E-state index contributed by atoms with van der Waals surface area (Å²) in [6.45, 7) is 0.168. The Balaban J connectivity index is 1.45. The molecule has 3 aromatic rings. The highest BCUT2D eigenvalue weighted by atomic mass is 19.4. The normalized spacial score (nSPS) is 14.0. The van der Waals surface area contributed by atoms with Gasteiger partial charge in [-0.1, -0.05) is 0 Å². The quantitative estimate of drug-likeness (QED) is 0.725. The highest BCUT2D eigenvalue weighted by molar-refractivity contribution is 5.90. The minimum absolute atomic E-state index is 0.0213. The number of amides is 1. The first-order valence-corrected chi connectivity index (χ1v) is 9.39. The number of rotatable bonds is 4. The highest BCUT2D eigenvalue weighted by Gasteiger charge is 2.30. The van der Waals surface area contributed by atoms with Crippen LogP contribution in [-0.4, -0.2) is 20.1 Å². The van der Waals surface area contributed by atoms with Gasteiger partial charge in [-0.05, 0) is 49.9 Å². The number of benzene rings is 1. The Labute approximate surface area is 164 Å². The van der Waals surface area contributed by atoms with Gasteiger partial charge in [-0.25, -0.2) is 4.52 Å². The molecule has 29 heavy (non-hydrogen) atoms. The molecule has 0 saturated heterocycles. The first-order chi connectivity index (χ1) is 13.8. The van der Waals surface area contributed by atoms with Gasteiger partial charge in [0.05, 0.1) is 11.3 Å². The monoisotopic (exact) mass is 404 g/mol. The van der Waals surface area contributed by atoms with Crippen LogP contribution in [0.5, 0.6) is 0 Å². The molecule has 1 amide bonds. The zero-order chi connectivity index (χ0) is 20.6. The van der Waals surface area contributed by atoms with E-state index in [0.717, 1.165) is 49.1 Å². The molecule has 0 fully saturated rings. The zero-order valence-corrected chi connectivity index (χ0v) is 15.5. The molecule has 4 rings (SSSR count). The number of alkyl halides is 3. The van der Waals surface area contributed by atoms with Crippen molar-refractivity contribution in [3.05, 3.63) is 63.8 Å². The summed E-state index contributed by atoms with van der Waals surface area (Å²) < 4.78 is 40.9. The van der Waals surface area contributed by atoms with E-state index in [9.17, 15) is 22.8 Å². The third kappa shape index (κ3) is 3.90. The van der Waals surface area contributed by atoms with Crippen molar-refractivity contribution in [2.24, 2.45) is 0 Å². The van der Waals surface area contributed by atoms with Crippen LogP contribution in [0.3, 0.4) is 0 Å². The van der Waals surface area contributed by atoms with Crippen molar-refractivity contribution in [2.75, 3.05) is 5.32 Å². The maximum atomic E-state index is 12.8. The summed E-state index contributed by atoms with van der Waals surface area (Å²) in [5, 5.41) is 7.03. The summed E-state index contributed by atoms with van der Waals surface area (Å²) in [5.74, 6) is -0.382.